The smallest absolute Gasteiger partial charge is 0.166 e. The van der Waals surface area contributed by atoms with Gasteiger partial charge in [0, 0.05) is 42.0 Å². The predicted molar refractivity (Wildman–Crippen MR) is 149 cm³/mol. The molecule has 4 heterocycles. The number of pyridine rings is 2. The van der Waals surface area contributed by atoms with Gasteiger partial charge in [0.25, 0.3) is 0 Å². The van der Waals surface area contributed by atoms with E-state index in [1.807, 2.05) is 36.9 Å². The van der Waals surface area contributed by atoms with Crippen LogP contribution in [0.25, 0.3) is 22.2 Å². The normalized spacial score (nSPS) is 17.5. The van der Waals surface area contributed by atoms with Crippen molar-refractivity contribution in [2.45, 2.75) is 45.3 Å². The van der Waals surface area contributed by atoms with Gasteiger partial charge in [0.15, 0.2) is 11.6 Å². The van der Waals surface area contributed by atoms with E-state index in [9.17, 15) is 0 Å². The number of benzene rings is 1. The summed E-state index contributed by atoms with van der Waals surface area (Å²) in [6, 6.07) is 7.10. The van der Waals surface area contributed by atoms with E-state index in [1.165, 1.54) is 18.9 Å². The summed E-state index contributed by atoms with van der Waals surface area (Å²) in [7, 11) is 0. The predicted octanol–water partition coefficient (Wildman–Crippen LogP) is 6.49. The highest BCUT2D eigenvalue weighted by Crippen LogP contribution is 2.37. The van der Waals surface area contributed by atoms with Crippen LogP contribution < -0.4 is 15.0 Å². The first-order valence-electron chi connectivity index (χ1n) is 12.8. The third kappa shape index (κ3) is 4.81. The molecule has 1 aliphatic heterocycles. The number of hydrogen-bond donors (Lipinski definition) is 2. The fourth-order valence-electron chi connectivity index (χ4n) is 5.06. The monoisotopic (exact) mass is 554 g/mol. The number of H-pyrrole nitrogens is 1. The zero-order chi connectivity index (χ0) is 26.6. The number of aromatic amines is 1. The maximum Gasteiger partial charge on any atom is 0.166 e. The average Bonchev–Trinajstić information content (AvgIpc) is 3.61. The van der Waals surface area contributed by atoms with Gasteiger partial charge >= 0.3 is 0 Å². The van der Waals surface area contributed by atoms with Crippen LogP contribution in [-0.2, 0) is 0 Å². The molecule has 4 aromatic rings. The Bertz CT molecular complexity index is 1520. The van der Waals surface area contributed by atoms with Gasteiger partial charge in [-0.15, -0.1) is 0 Å². The Balaban J connectivity index is 1.21. The SMILES string of the molecule is Cc1ncc(Cl)c([C@@H](C)Oc2ccc3[nH]nc(-c4cnc(N5CC(C)(NCC6CC6)C5)c(F)c4)c3c2)c1Cl. The molecule has 2 N–H and O–H groups in total. The minimum atomic E-state index is -0.413. The fraction of sp³-hybridized carbons (Fsp3) is 0.393. The van der Waals surface area contributed by atoms with E-state index in [4.69, 9.17) is 27.9 Å². The number of hydrogen-bond acceptors (Lipinski definition) is 6. The van der Waals surface area contributed by atoms with Crippen LogP contribution in [0.15, 0.2) is 36.7 Å². The third-order valence-electron chi connectivity index (χ3n) is 7.43. The standard InChI is InChI=1S/C28H29Cl2FN6O/c1-15-25(30)24(21(29)12-32-15)16(2)38-19-6-7-23-20(9-19)26(36-35-23)18-8-22(31)27(33-11-18)37-13-28(3,14-37)34-10-17-4-5-17/h6-9,11-12,16-17,34H,4-5,10,13-14H2,1-3H3,(H,35,36)/t16-/m1/s1. The largest absolute Gasteiger partial charge is 0.486 e. The zero-order valence-electron chi connectivity index (χ0n) is 21.5. The van der Waals surface area contributed by atoms with Crippen LogP contribution >= 0.6 is 23.2 Å². The van der Waals surface area contributed by atoms with E-state index in [2.05, 4.69) is 32.4 Å². The lowest BCUT2D eigenvalue weighted by atomic mass is 9.92. The number of aromatic nitrogens is 4. The van der Waals surface area contributed by atoms with Gasteiger partial charge in [0.2, 0.25) is 0 Å². The van der Waals surface area contributed by atoms with Gasteiger partial charge in [-0.25, -0.2) is 9.37 Å². The number of rotatable bonds is 8. The Kier molecular flexibility index (Phi) is 6.45. The molecule has 6 rings (SSSR count). The average molecular weight is 555 g/mol. The van der Waals surface area contributed by atoms with Crippen molar-refractivity contribution < 1.29 is 9.13 Å². The van der Waals surface area contributed by atoms with Crippen LogP contribution in [0.2, 0.25) is 10.0 Å². The minimum Gasteiger partial charge on any atom is -0.486 e. The van der Waals surface area contributed by atoms with Gasteiger partial charge < -0.3 is 15.0 Å². The molecule has 38 heavy (non-hydrogen) atoms. The van der Waals surface area contributed by atoms with Gasteiger partial charge in [0.1, 0.15) is 17.5 Å². The summed E-state index contributed by atoms with van der Waals surface area (Å²) in [5.41, 5.74) is 3.37. The molecule has 1 aliphatic carbocycles. The van der Waals surface area contributed by atoms with E-state index in [0.717, 1.165) is 36.5 Å². The van der Waals surface area contributed by atoms with Crippen molar-refractivity contribution in [2.75, 3.05) is 24.5 Å². The highest BCUT2D eigenvalue weighted by Gasteiger charge is 2.41. The van der Waals surface area contributed by atoms with Crippen molar-refractivity contribution in [3.63, 3.8) is 0 Å². The molecule has 7 nitrogen and oxygen atoms in total. The molecular formula is C28H29Cl2FN6O. The summed E-state index contributed by atoms with van der Waals surface area (Å²) in [5, 5.41) is 12.8. The molecule has 0 spiro atoms. The lowest BCUT2D eigenvalue weighted by Crippen LogP contribution is -2.68. The highest BCUT2D eigenvalue weighted by atomic mass is 35.5. The van der Waals surface area contributed by atoms with Crippen LogP contribution in [-0.4, -0.2) is 45.3 Å². The summed E-state index contributed by atoms with van der Waals surface area (Å²) >= 11 is 12.8. The Morgan fingerprint density at radius 3 is 2.74 bits per heavy atom. The number of halogens is 3. The molecular weight excluding hydrogens is 526 g/mol. The second-order valence-corrected chi connectivity index (χ2v) is 11.5. The van der Waals surface area contributed by atoms with Gasteiger partial charge in [-0.2, -0.15) is 5.10 Å². The summed E-state index contributed by atoms with van der Waals surface area (Å²) < 4.78 is 21.4. The van der Waals surface area contributed by atoms with Crippen LogP contribution in [0.4, 0.5) is 10.2 Å². The van der Waals surface area contributed by atoms with Crippen molar-refractivity contribution >= 4 is 39.9 Å². The van der Waals surface area contributed by atoms with Crippen LogP contribution in [0, 0.1) is 18.7 Å². The Labute approximate surface area is 230 Å². The van der Waals surface area contributed by atoms with Gasteiger partial charge in [0.05, 0.1) is 26.8 Å². The van der Waals surface area contributed by atoms with Crippen molar-refractivity contribution in [1.82, 2.24) is 25.5 Å². The molecule has 1 aromatic carbocycles. The molecule has 3 aromatic heterocycles. The second kappa shape index (κ2) is 9.67. The molecule has 0 bridgehead atoms. The number of nitrogens with one attached hydrogen (secondary N) is 2. The van der Waals surface area contributed by atoms with Gasteiger partial charge in [-0.3, -0.25) is 10.1 Å². The molecule has 1 atom stereocenters. The van der Waals surface area contributed by atoms with E-state index in [-0.39, 0.29) is 11.4 Å². The quantitative estimate of drug-likeness (QED) is 0.259. The lowest BCUT2D eigenvalue weighted by Gasteiger charge is -2.49. The molecule has 1 saturated heterocycles. The Morgan fingerprint density at radius 1 is 1.21 bits per heavy atom. The number of ether oxygens (including phenoxy) is 1. The van der Waals surface area contributed by atoms with Gasteiger partial charge in [-0.1, -0.05) is 23.2 Å². The number of fused-ring (bicyclic) bond motifs is 1. The summed E-state index contributed by atoms with van der Waals surface area (Å²) in [5.74, 6) is 1.43. The number of aryl methyl sites for hydroxylation is 1. The first kappa shape index (κ1) is 25.3. The summed E-state index contributed by atoms with van der Waals surface area (Å²) in [4.78, 5) is 10.6. The van der Waals surface area contributed by atoms with Crippen molar-refractivity contribution in [1.29, 1.82) is 0 Å². The summed E-state index contributed by atoms with van der Waals surface area (Å²) in [6.07, 6.45) is 5.46. The van der Waals surface area contributed by atoms with Crippen LogP contribution in [0.3, 0.4) is 0 Å². The maximum atomic E-state index is 15.2. The second-order valence-electron chi connectivity index (χ2n) is 10.7. The first-order chi connectivity index (χ1) is 18.2. The molecule has 2 aliphatic rings. The van der Waals surface area contributed by atoms with E-state index >= 15 is 4.39 Å². The van der Waals surface area contributed by atoms with Crippen LogP contribution in [0.5, 0.6) is 5.75 Å². The first-order valence-corrected chi connectivity index (χ1v) is 13.6. The van der Waals surface area contributed by atoms with Crippen LogP contribution in [0.1, 0.15) is 44.1 Å². The number of nitrogens with zero attached hydrogens (tertiary/aromatic N) is 4. The van der Waals surface area contributed by atoms with E-state index in [0.29, 0.717) is 44.1 Å². The summed E-state index contributed by atoms with van der Waals surface area (Å²) in [6.45, 7) is 8.40. The molecule has 0 unspecified atom stereocenters. The fourth-order valence-corrected chi connectivity index (χ4v) is 5.71. The van der Waals surface area contributed by atoms with Crippen molar-refractivity contribution in [3.8, 4) is 17.0 Å². The Hall–Kier alpha value is -2.94. The molecule has 1 saturated carbocycles. The Morgan fingerprint density at radius 2 is 2.00 bits per heavy atom. The molecule has 0 amide bonds. The molecule has 0 radical (unpaired) electrons. The number of anilines is 1. The van der Waals surface area contributed by atoms with E-state index in [1.54, 1.807) is 12.4 Å². The lowest BCUT2D eigenvalue weighted by molar-refractivity contribution is 0.227. The van der Waals surface area contributed by atoms with E-state index < -0.39 is 6.10 Å². The molecule has 10 heteroatoms. The maximum absolute atomic E-state index is 15.2. The third-order valence-corrected chi connectivity index (χ3v) is 8.20. The molecule has 198 valence electrons. The van der Waals surface area contributed by atoms with Crippen molar-refractivity contribution in [3.05, 3.63) is 63.8 Å². The van der Waals surface area contributed by atoms with Gasteiger partial charge in [-0.05, 0) is 70.3 Å². The molecule has 2 fully saturated rings. The zero-order valence-corrected chi connectivity index (χ0v) is 23.0. The minimum absolute atomic E-state index is 0.00469. The highest BCUT2D eigenvalue weighted by molar-refractivity contribution is 6.36. The van der Waals surface area contributed by atoms with Crippen molar-refractivity contribution in [2.24, 2.45) is 5.92 Å². The topological polar surface area (TPSA) is 79.0 Å².